The van der Waals surface area contributed by atoms with Crippen molar-refractivity contribution in [3.05, 3.63) is 115 Å². The minimum atomic E-state index is -2.22. The maximum Gasteiger partial charge on any atom is 0.343 e. The Morgan fingerprint density at radius 1 is 0.796 bits per heavy atom. The summed E-state index contributed by atoms with van der Waals surface area (Å²) in [7, 11) is 0. The van der Waals surface area contributed by atoms with Crippen molar-refractivity contribution in [2.45, 2.75) is 14.1 Å². The molecule has 2 fully saturated rings. The lowest BCUT2D eigenvalue weighted by Gasteiger charge is -2.36. The molecule has 18 heteroatoms. The highest BCUT2D eigenvalue weighted by molar-refractivity contribution is 6.66. The van der Waals surface area contributed by atoms with Gasteiger partial charge in [-0.25, -0.2) is 9.80 Å². The van der Waals surface area contributed by atoms with E-state index in [1.165, 1.54) is 54.6 Å². The highest BCUT2D eigenvalue weighted by atomic mass is 35.5. The van der Waals surface area contributed by atoms with Gasteiger partial charge < -0.3 is 4.74 Å². The van der Waals surface area contributed by atoms with Crippen molar-refractivity contribution >= 4 is 116 Å². The number of benzene rings is 3. The smallest absolute Gasteiger partial charge is 0.343 e. The number of ketones is 1. The Morgan fingerprint density at radius 3 is 1.82 bits per heavy atom. The van der Waals surface area contributed by atoms with E-state index in [-0.39, 0.29) is 43.2 Å². The number of esters is 1. The Kier molecular flexibility index (Phi) is 8.97. The van der Waals surface area contributed by atoms with Crippen LogP contribution in [-0.2, 0) is 9.59 Å². The summed E-state index contributed by atoms with van der Waals surface area (Å²) in [5.41, 5.74) is -0.338. The third-order valence-corrected chi connectivity index (χ3v) is 13.0. The average Bonchev–Trinajstić information content (AvgIpc) is 3.46. The van der Waals surface area contributed by atoms with Gasteiger partial charge in [0, 0.05) is 17.7 Å². The molecule has 0 aromatic heterocycles. The summed E-state index contributed by atoms with van der Waals surface area (Å²) in [6, 6.07) is 15.6. The van der Waals surface area contributed by atoms with Gasteiger partial charge in [0.15, 0.2) is 10.1 Å². The van der Waals surface area contributed by atoms with Crippen LogP contribution in [0.4, 0.5) is 5.69 Å². The fraction of sp³-hybridized carbons (Fsp3) is 0.194. The Hall–Kier alpha value is -3.42. The zero-order valence-corrected chi connectivity index (χ0v) is 29.3. The van der Waals surface area contributed by atoms with Crippen molar-refractivity contribution in [1.29, 1.82) is 0 Å². The van der Waals surface area contributed by atoms with Crippen molar-refractivity contribution < 1.29 is 33.6 Å². The zero-order chi connectivity index (χ0) is 35.8. The van der Waals surface area contributed by atoms with Gasteiger partial charge in [0.05, 0.1) is 43.0 Å². The van der Waals surface area contributed by atoms with Gasteiger partial charge in [-0.15, -0.1) is 23.2 Å². The third kappa shape index (κ3) is 5.13. The molecule has 0 N–H and O–H groups in total. The van der Waals surface area contributed by atoms with Gasteiger partial charge >= 0.3 is 5.97 Å². The number of allylic oxidation sites excluding steroid dienone is 2. The minimum Gasteiger partial charge on any atom is -0.423 e. The number of hydrogen-bond donors (Lipinski definition) is 0. The van der Waals surface area contributed by atoms with Gasteiger partial charge in [-0.05, 0) is 48.5 Å². The lowest BCUT2D eigenvalue weighted by Crippen LogP contribution is -2.56. The molecule has 1 aliphatic heterocycles. The van der Waals surface area contributed by atoms with Gasteiger partial charge in [-0.2, -0.15) is 5.01 Å². The van der Waals surface area contributed by atoms with E-state index in [0.29, 0.717) is 10.0 Å². The van der Waals surface area contributed by atoms with Crippen LogP contribution < -0.4 is 4.74 Å². The highest BCUT2D eigenvalue weighted by Gasteiger charge is 2.88. The SMILES string of the molecule is O=C(CN(C(=O)c1ccccc1Cl)N1C(=O)[C@@H]2[C@@H](C1=O)[C@@]1(Cl)C(Cl)=C(Cl)[C@@]2(Cl)C1(Cl)Cl)c1ccc(OC(=O)c2ccc([N+](=O)[O-])cc2)cc1. The Morgan fingerprint density at radius 2 is 1.31 bits per heavy atom. The van der Waals surface area contributed by atoms with Crippen LogP contribution in [0.1, 0.15) is 31.1 Å². The summed E-state index contributed by atoms with van der Waals surface area (Å²) in [5, 5.41) is 11.2. The van der Waals surface area contributed by atoms with Crippen LogP contribution in [0.2, 0.25) is 5.02 Å². The van der Waals surface area contributed by atoms with Crippen LogP contribution in [0.25, 0.3) is 0 Å². The minimum absolute atomic E-state index is 0.0117. The number of nitrogens with zero attached hydrogens (tertiary/aromatic N) is 3. The van der Waals surface area contributed by atoms with Gasteiger partial charge in [0.1, 0.15) is 22.0 Å². The van der Waals surface area contributed by atoms with E-state index in [1.807, 2.05) is 0 Å². The summed E-state index contributed by atoms with van der Waals surface area (Å²) < 4.78 is 3.07. The fourth-order valence-electron chi connectivity index (χ4n) is 6.05. The number of Topliss-reactive ketones (excluding diaryl/α,β-unsaturated/α-hetero) is 1. The van der Waals surface area contributed by atoms with Gasteiger partial charge in [-0.3, -0.25) is 29.3 Å². The number of fused-ring (bicyclic) bond motifs is 5. The number of ether oxygens (including phenoxy) is 1. The first-order chi connectivity index (χ1) is 23.0. The number of imide groups is 1. The van der Waals surface area contributed by atoms with Crippen molar-refractivity contribution in [3.63, 3.8) is 0 Å². The molecule has 1 heterocycles. The summed E-state index contributed by atoms with van der Waals surface area (Å²) >= 11 is 45.8. The summed E-state index contributed by atoms with van der Waals surface area (Å²) in [5.74, 6) is -7.85. The topological polar surface area (TPSA) is 144 Å². The molecule has 11 nitrogen and oxygen atoms in total. The zero-order valence-electron chi connectivity index (χ0n) is 24.0. The fourth-order valence-corrected chi connectivity index (χ4v) is 9.19. The quantitative estimate of drug-likeness (QED) is 0.0444. The van der Waals surface area contributed by atoms with Crippen molar-refractivity contribution in [1.82, 2.24) is 10.0 Å². The summed E-state index contributed by atoms with van der Waals surface area (Å²) in [6.07, 6.45) is 0. The molecular weight excluding hydrogens is 791 g/mol. The first-order valence-corrected chi connectivity index (χ1v) is 16.5. The molecule has 49 heavy (non-hydrogen) atoms. The lowest BCUT2D eigenvalue weighted by atomic mass is 9.84. The number of hydrogen-bond acceptors (Lipinski definition) is 8. The van der Waals surface area contributed by atoms with Crippen LogP contribution in [0, 0.1) is 22.0 Å². The van der Waals surface area contributed by atoms with Gasteiger partial charge in [0.2, 0.25) is 0 Å². The Bertz CT molecular complexity index is 1980. The molecule has 4 atom stereocenters. The van der Waals surface area contributed by atoms with Crippen molar-refractivity contribution in [3.8, 4) is 5.75 Å². The number of rotatable bonds is 8. The number of alkyl halides is 4. The monoisotopic (exact) mass is 803 g/mol. The van der Waals surface area contributed by atoms with Crippen LogP contribution in [0.15, 0.2) is 82.9 Å². The molecule has 2 aliphatic carbocycles. The first kappa shape index (κ1) is 35.4. The molecule has 1 saturated carbocycles. The van der Waals surface area contributed by atoms with E-state index in [0.717, 1.165) is 12.1 Å². The third-order valence-electron chi connectivity index (χ3n) is 8.46. The number of nitro benzene ring substituents is 1. The predicted octanol–water partition coefficient (Wildman–Crippen LogP) is 7.15. The number of amides is 3. The van der Waals surface area contributed by atoms with Crippen molar-refractivity contribution in [2.24, 2.45) is 11.8 Å². The number of carbonyl (C=O) groups excluding carboxylic acids is 5. The number of carbonyl (C=O) groups is 5. The van der Waals surface area contributed by atoms with E-state index in [9.17, 15) is 34.1 Å². The normalized spacial score (nSPS) is 25.0. The molecule has 3 aliphatic rings. The molecule has 0 unspecified atom stereocenters. The molecule has 6 rings (SSSR count). The number of nitro groups is 1. The maximum absolute atomic E-state index is 14.1. The standard InChI is InChI=1S/C31H16Cl7N3O8/c32-19-4-2-1-3-18(19)25(43)39(40-26(44)21-22(27(40)45)30(36)24(34)23(33)29(21,35)31(30,37)38)13-20(42)14-7-11-17(12-8-14)49-28(46)15-5-9-16(10-6-15)41(47)48/h1-12,21-22H,13H2/t21-,22-,29+,30+/m0/s1. The van der Waals surface area contributed by atoms with E-state index in [1.54, 1.807) is 6.07 Å². The second-order valence-electron chi connectivity index (χ2n) is 11.1. The summed E-state index contributed by atoms with van der Waals surface area (Å²) in [4.78, 5) is 74.2. The number of non-ortho nitro benzene ring substituents is 1. The molecule has 3 amide bonds. The van der Waals surface area contributed by atoms with Crippen LogP contribution in [0.3, 0.4) is 0 Å². The van der Waals surface area contributed by atoms with Crippen LogP contribution in [0.5, 0.6) is 5.75 Å². The van der Waals surface area contributed by atoms with E-state index < -0.39 is 66.9 Å². The molecule has 1 saturated heterocycles. The van der Waals surface area contributed by atoms with E-state index >= 15 is 0 Å². The molecular formula is C31H16Cl7N3O8. The number of halogens is 7. The Labute approximate surface area is 311 Å². The molecule has 0 spiro atoms. The maximum atomic E-state index is 14.1. The lowest BCUT2D eigenvalue weighted by molar-refractivity contribution is -0.384. The highest BCUT2D eigenvalue weighted by Crippen LogP contribution is 2.77. The second kappa shape index (κ2) is 12.4. The van der Waals surface area contributed by atoms with E-state index in [2.05, 4.69) is 0 Å². The first-order valence-electron chi connectivity index (χ1n) is 13.8. The molecule has 3 aromatic rings. The number of hydrazine groups is 1. The van der Waals surface area contributed by atoms with Crippen LogP contribution in [-0.4, -0.2) is 65.0 Å². The average molecular weight is 807 g/mol. The van der Waals surface area contributed by atoms with Crippen LogP contribution >= 0.6 is 81.2 Å². The second-order valence-corrected chi connectivity index (χ2v) is 14.7. The largest absolute Gasteiger partial charge is 0.423 e. The molecule has 0 radical (unpaired) electrons. The molecule has 3 aromatic carbocycles. The van der Waals surface area contributed by atoms with Gasteiger partial charge in [-0.1, -0.05) is 70.1 Å². The molecule has 2 bridgehead atoms. The molecule has 252 valence electrons. The van der Waals surface area contributed by atoms with Gasteiger partial charge in [0.25, 0.3) is 23.4 Å². The van der Waals surface area contributed by atoms with E-state index in [4.69, 9.17) is 85.9 Å². The summed E-state index contributed by atoms with van der Waals surface area (Å²) in [6.45, 7) is -0.866. The Balaban J connectivity index is 1.29. The van der Waals surface area contributed by atoms with Crippen molar-refractivity contribution in [2.75, 3.05) is 6.54 Å². The predicted molar refractivity (Wildman–Crippen MR) is 180 cm³/mol.